The Morgan fingerprint density at radius 2 is 0.597 bits per heavy atom. The molecule has 1 aliphatic rings. The minimum Gasteiger partial charge on any atom is -0.334 e. The van der Waals surface area contributed by atoms with Gasteiger partial charge in [-0.05, 0) is 150 Å². The molecule has 72 heavy (non-hydrogen) atoms. The Morgan fingerprint density at radius 1 is 0.264 bits per heavy atom. The fourth-order valence-corrected chi connectivity index (χ4v) is 10.3. The number of nitrogens with zero attached hydrogens (tertiary/aromatic N) is 4. The van der Waals surface area contributed by atoms with E-state index in [9.17, 15) is 0 Å². The summed E-state index contributed by atoms with van der Waals surface area (Å²) < 4.78 is 0. The van der Waals surface area contributed by atoms with Gasteiger partial charge in [-0.1, -0.05) is 176 Å². The highest BCUT2D eigenvalue weighted by Gasteiger charge is 2.22. The Balaban J connectivity index is 0.886. The van der Waals surface area contributed by atoms with E-state index in [1.165, 1.54) is 27.2 Å². The van der Waals surface area contributed by atoms with Gasteiger partial charge in [-0.25, -0.2) is 0 Å². The molecule has 0 N–H and O–H groups in total. The van der Waals surface area contributed by atoms with Crippen molar-refractivity contribution in [3.8, 4) is 11.1 Å². The standard InChI is InChI=1S/C68H52N4/c1-5-23-55(24-6-1)69(56-25-7-2-8-26-56)59-43-47-63(48-44-59)71(67-33-17-21-53-19-13-15-31-65(53)67)61-39-35-51(36-40-61)52-37-41-62(42-38-52)72(68-34-18-22-54-20-14-16-32-66(54)68)64-49-45-60(46-50-64)70(57-27-9-3-10-28-57)58-29-11-4-12-30-58/h1-29,31-50,58H,30H2. The zero-order valence-electron chi connectivity index (χ0n) is 39.9. The molecule has 0 heterocycles. The lowest BCUT2D eigenvalue weighted by atomic mass is 10.0. The van der Waals surface area contributed by atoms with Crippen LogP contribution in [0.1, 0.15) is 6.42 Å². The van der Waals surface area contributed by atoms with Crippen molar-refractivity contribution in [3.63, 3.8) is 0 Å². The van der Waals surface area contributed by atoms with Crippen molar-refractivity contribution in [3.05, 3.63) is 297 Å². The first-order chi connectivity index (χ1) is 35.7. The number of para-hydroxylation sites is 3. The van der Waals surface area contributed by atoms with Gasteiger partial charge in [0, 0.05) is 62.0 Å². The highest BCUT2D eigenvalue weighted by Crippen LogP contribution is 2.44. The topological polar surface area (TPSA) is 13.0 Å². The van der Waals surface area contributed by atoms with Crippen LogP contribution in [0.2, 0.25) is 0 Å². The average molecular weight is 925 g/mol. The molecule has 1 unspecified atom stereocenters. The molecule has 0 saturated heterocycles. The monoisotopic (exact) mass is 924 g/mol. The molecular formula is C68H52N4. The second-order valence-electron chi connectivity index (χ2n) is 18.1. The number of benzene rings is 11. The van der Waals surface area contributed by atoms with Gasteiger partial charge in [0.25, 0.3) is 0 Å². The van der Waals surface area contributed by atoms with E-state index in [-0.39, 0.29) is 6.04 Å². The first kappa shape index (κ1) is 43.9. The number of allylic oxidation sites excluding steroid dienone is 2. The molecule has 4 nitrogen and oxygen atoms in total. The molecule has 0 aromatic heterocycles. The van der Waals surface area contributed by atoms with E-state index in [1.54, 1.807) is 0 Å². The number of fused-ring (bicyclic) bond motifs is 2. The minimum atomic E-state index is 0.226. The molecule has 1 atom stereocenters. The third-order valence-electron chi connectivity index (χ3n) is 13.7. The van der Waals surface area contributed by atoms with Gasteiger partial charge in [0.1, 0.15) is 0 Å². The second kappa shape index (κ2) is 19.9. The molecule has 0 fully saturated rings. The zero-order chi connectivity index (χ0) is 48.1. The molecule has 12 rings (SSSR count). The van der Waals surface area contributed by atoms with Crippen LogP contribution >= 0.6 is 0 Å². The predicted molar refractivity (Wildman–Crippen MR) is 306 cm³/mol. The fraction of sp³-hybridized carbons (Fsp3) is 0.0294. The largest absolute Gasteiger partial charge is 0.334 e. The van der Waals surface area contributed by atoms with Crippen molar-refractivity contribution >= 4 is 84.1 Å². The van der Waals surface area contributed by atoms with Gasteiger partial charge in [-0.15, -0.1) is 0 Å². The summed E-state index contributed by atoms with van der Waals surface area (Å²) in [5.41, 5.74) is 14.5. The van der Waals surface area contributed by atoms with Crippen LogP contribution in [-0.2, 0) is 0 Å². The summed E-state index contributed by atoms with van der Waals surface area (Å²) in [5, 5.41) is 4.79. The molecule has 11 aromatic rings. The van der Waals surface area contributed by atoms with Gasteiger partial charge in [0.2, 0.25) is 0 Å². The van der Waals surface area contributed by atoms with Crippen molar-refractivity contribution in [2.24, 2.45) is 0 Å². The van der Waals surface area contributed by atoms with Crippen LogP contribution in [0, 0.1) is 0 Å². The first-order valence-corrected chi connectivity index (χ1v) is 24.8. The third-order valence-corrected chi connectivity index (χ3v) is 13.7. The molecule has 0 aliphatic heterocycles. The van der Waals surface area contributed by atoms with Crippen LogP contribution in [0.15, 0.2) is 297 Å². The van der Waals surface area contributed by atoms with Gasteiger partial charge in [0.15, 0.2) is 0 Å². The lowest BCUT2D eigenvalue weighted by Gasteiger charge is -2.33. The van der Waals surface area contributed by atoms with Crippen molar-refractivity contribution < 1.29 is 0 Å². The quantitative estimate of drug-likeness (QED) is 0.114. The summed E-state index contributed by atoms with van der Waals surface area (Å²) in [6.45, 7) is 0. The number of hydrogen-bond acceptors (Lipinski definition) is 4. The van der Waals surface area contributed by atoms with Crippen LogP contribution < -0.4 is 19.6 Å². The maximum absolute atomic E-state index is 2.44. The highest BCUT2D eigenvalue weighted by atomic mass is 15.2. The van der Waals surface area contributed by atoms with E-state index in [0.29, 0.717) is 0 Å². The Bertz CT molecular complexity index is 3600. The number of rotatable bonds is 13. The lowest BCUT2D eigenvalue weighted by molar-refractivity contribution is 0.785. The molecule has 11 aromatic carbocycles. The molecule has 0 radical (unpaired) electrons. The van der Waals surface area contributed by atoms with Gasteiger partial charge in [-0.3, -0.25) is 0 Å². The molecule has 0 spiro atoms. The Labute approximate surface area is 422 Å². The molecule has 1 aliphatic carbocycles. The van der Waals surface area contributed by atoms with E-state index in [1.807, 2.05) is 0 Å². The van der Waals surface area contributed by atoms with Gasteiger partial charge >= 0.3 is 0 Å². The highest BCUT2D eigenvalue weighted by molar-refractivity contribution is 6.00. The van der Waals surface area contributed by atoms with E-state index in [4.69, 9.17) is 0 Å². The number of anilines is 11. The van der Waals surface area contributed by atoms with E-state index in [0.717, 1.165) is 74.4 Å². The van der Waals surface area contributed by atoms with Crippen molar-refractivity contribution in [2.75, 3.05) is 19.6 Å². The number of hydrogen-bond donors (Lipinski definition) is 0. The lowest BCUT2D eigenvalue weighted by Crippen LogP contribution is -2.29. The van der Waals surface area contributed by atoms with Crippen LogP contribution in [0.3, 0.4) is 0 Å². The summed E-state index contributed by atoms with van der Waals surface area (Å²) in [4.78, 5) is 9.51. The third kappa shape index (κ3) is 8.78. The van der Waals surface area contributed by atoms with Crippen LogP contribution in [0.25, 0.3) is 32.7 Å². The smallest absolute Gasteiger partial charge is 0.0559 e. The molecule has 344 valence electrons. The van der Waals surface area contributed by atoms with Crippen LogP contribution in [-0.4, -0.2) is 6.04 Å². The summed E-state index contributed by atoms with van der Waals surface area (Å²) in [5.74, 6) is 0. The van der Waals surface area contributed by atoms with Gasteiger partial charge in [0.05, 0.1) is 17.4 Å². The molecule has 0 amide bonds. The SMILES string of the molecule is C1=CCC(N(c2ccccc2)c2ccc(N(c3ccc(-c4ccc(N(c5ccc(N(c6ccccc6)c6ccccc6)cc5)c5cccc6ccccc56)cc4)cc3)c3cccc4ccccc34)cc2)C=C1. The average Bonchev–Trinajstić information content (AvgIpc) is 3.46. The summed E-state index contributed by atoms with van der Waals surface area (Å²) in [7, 11) is 0. The van der Waals surface area contributed by atoms with Gasteiger partial charge < -0.3 is 19.6 Å². The summed E-state index contributed by atoms with van der Waals surface area (Å²) >= 11 is 0. The second-order valence-corrected chi connectivity index (χ2v) is 18.1. The molecule has 4 heteroatoms. The Kier molecular flexibility index (Phi) is 12.1. The summed E-state index contributed by atoms with van der Waals surface area (Å²) in [6.07, 6.45) is 9.80. The fourth-order valence-electron chi connectivity index (χ4n) is 10.3. The molecule has 0 saturated carbocycles. The van der Waals surface area contributed by atoms with Crippen molar-refractivity contribution in [1.82, 2.24) is 0 Å². The maximum atomic E-state index is 2.44. The summed E-state index contributed by atoms with van der Waals surface area (Å²) in [6, 6.07) is 98.6. The Morgan fingerprint density at radius 3 is 1.03 bits per heavy atom. The zero-order valence-corrected chi connectivity index (χ0v) is 39.9. The van der Waals surface area contributed by atoms with E-state index < -0.39 is 0 Å². The molecular weight excluding hydrogens is 873 g/mol. The normalized spacial score (nSPS) is 13.0. The van der Waals surface area contributed by atoms with Crippen molar-refractivity contribution in [2.45, 2.75) is 12.5 Å². The van der Waals surface area contributed by atoms with Crippen LogP contribution in [0.5, 0.6) is 0 Å². The first-order valence-electron chi connectivity index (χ1n) is 24.8. The predicted octanol–water partition coefficient (Wildman–Crippen LogP) is 19.1. The van der Waals surface area contributed by atoms with Gasteiger partial charge in [-0.2, -0.15) is 0 Å². The Hall–Kier alpha value is -9.38. The minimum absolute atomic E-state index is 0.226. The van der Waals surface area contributed by atoms with Crippen LogP contribution in [0.4, 0.5) is 62.6 Å². The van der Waals surface area contributed by atoms with E-state index >= 15 is 0 Å². The van der Waals surface area contributed by atoms with E-state index in [2.05, 4.69) is 317 Å². The van der Waals surface area contributed by atoms with Crippen molar-refractivity contribution in [1.29, 1.82) is 0 Å². The maximum Gasteiger partial charge on any atom is 0.0559 e. The molecule has 0 bridgehead atoms.